The summed E-state index contributed by atoms with van der Waals surface area (Å²) in [5.74, 6) is -4.15. The first-order valence-corrected chi connectivity index (χ1v) is 8.45. The van der Waals surface area contributed by atoms with Crippen molar-refractivity contribution >= 4 is 5.91 Å². The van der Waals surface area contributed by atoms with Gasteiger partial charge in [0.25, 0.3) is 5.91 Å². The molecule has 1 amide bonds. The number of carbonyl (C=O) groups excluding carboxylic acids is 1. The van der Waals surface area contributed by atoms with E-state index in [1.807, 2.05) is 13.8 Å². The number of rotatable bonds is 5. The largest absolute Gasteiger partial charge is 0.337 e. The predicted molar refractivity (Wildman–Crippen MR) is 87.3 cm³/mol. The molecule has 1 fully saturated rings. The number of hydrogen-bond donors (Lipinski definition) is 0. The lowest BCUT2D eigenvalue weighted by Crippen LogP contribution is -2.49. The lowest BCUT2D eigenvalue weighted by atomic mass is 9.99. The van der Waals surface area contributed by atoms with E-state index in [-0.39, 0.29) is 12.0 Å². The summed E-state index contributed by atoms with van der Waals surface area (Å²) in [5, 5.41) is 0. The highest BCUT2D eigenvalue weighted by Crippen LogP contribution is 2.20. The van der Waals surface area contributed by atoms with Crippen molar-refractivity contribution in [2.45, 2.75) is 39.2 Å². The third-order valence-corrected chi connectivity index (χ3v) is 4.70. The van der Waals surface area contributed by atoms with Crippen LogP contribution in [0.2, 0.25) is 0 Å². The van der Waals surface area contributed by atoms with E-state index in [0.717, 1.165) is 32.0 Å². The van der Waals surface area contributed by atoms with Crippen LogP contribution in [0.1, 0.15) is 43.5 Å². The van der Waals surface area contributed by atoms with Crippen molar-refractivity contribution in [1.82, 2.24) is 9.80 Å². The van der Waals surface area contributed by atoms with Crippen LogP contribution in [-0.2, 0) is 0 Å². The van der Waals surface area contributed by atoms with E-state index < -0.39 is 28.9 Å². The van der Waals surface area contributed by atoms with Crippen LogP contribution in [0.3, 0.4) is 0 Å². The average Bonchev–Trinajstić information content (AvgIpc) is 2.55. The van der Waals surface area contributed by atoms with E-state index in [9.17, 15) is 18.0 Å². The molecule has 2 rings (SSSR count). The van der Waals surface area contributed by atoms with Crippen LogP contribution in [0.5, 0.6) is 0 Å². The second-order valence-electron chi connectivity index (χ2n) is 6.84. The summed E-state index contributed by atoms with van der Waals surface area (Å²) in [6.07, 6.45) is 3.48. The van der Waals surface area contributed by atoms with Crippen molar-refractivity contribution in [2.75, 3.05) is 26.7 Å². The highest BCUT2D eigenvalue weighted by atomic mass is 19.2. The second kappa shape index (κ2) is 8.01. The molecule has 0 bridgehead atoms. The molecule has 0 N–H and O–H groups in total. The Kier molecular flexibility index (Phi) is 6.27. The Bertz CT molecular complexity index is 586. The minimum absolute atomic E-state index is 0.141. The molecule has 24 heavy (non-hydrogen) atoms. The zero-order valence-corrected chi connectivity index (χ0v) is 14.5. The van der Waals surface area contributed by atoms with Gasteiger partial charge in [-0.3, -0.25) is 4.79 Å². The lowest BCUT2D eigenvalue weighted by molar-refractivity contribution is 0.0605. The summed E-state index contributed by atoms with van der Waals surface area (Å²) in [5.41, 5.74) is -0.556. The number of likely N-dealkylation sites (N-methyl/N-ethyl adjacent to an activating group) is 1. The molecule has 1 heterocycles. The molecule has 134 valence electrons. The van der Waals surface area contributed by atoms with Crippen molar-refractivity contribution in [3.05, 3.63) is 35.1 Å². The van der Waals surface area contributed by atoms with Gasteiger partial charge >= 0.3 is 0 Å². The van der Waals surface area contributed by atoms with Gasteiger partial charge in [0.1, 0.15) is 5.82 Å². The van der Waals surface area contributed by atoms with Crippen LogP contribution < -0.4 is 0 Å². The molecule has 1 aliphatic heterocycles. The van der Waals surface area contributed by atoms with E-state index in [1.54, 1.807) is 7.05 Å². The fourth-order valence-corrected chi connectivity index (χ4v) is 3.24. The fraction of sp³-hybridized carbons (Fsp3) is 0.611. The van der Waals surface area contributed by atoms with Gasteiger partial charge in [0.05, 0.1) is 5.56 Å². The molecule has 0 spiro atoms. The van der Waals surface area contributed by atoms with Gasteiger partial charge < -0.3 is 9.80 Å². The summed E-state index contributed by atoms with van der Waals surface area (Å²) in [6.45, 7) is 6.61. The van der Waals surface area contributed by atoms with E-state index >= 15 is 0 Å². The number of benzene rings is 1. The molecule has 0 aromatic heterocycles. The Morgan fingerprint density at radius 2 is 1.79 bits per heavy atom. The maximum atomic E-state index is 13.9. The normalized spacial score (nSPS) is 17.1. The van der Waals surface area contributed by atoms with Gasteiger partial charge in [0, 0.05) is 25.7 Å². The fourth-order valence-electron chi connectivity index (χ4n) is 3.24. The highest BCUT2D eigenvalue weighted by Gasteiger charge is 2.29. The molecule has 3 nitrogen and oxygen atoms in total. The van der Waals surface area contributed by atoms with Crippen LogP contribution in [0, 0.1) is 23.4 Å². The molecule has 1 aliphatic rings. The van der Waals surface area contributed by atoms with Crippen LogP contribution in [-0.4, -0.2) is 48.4 Å². The predicted octanol–water partition coefficient (Wildman–Crippen LogP) is 3.69. The Morgan fingerprint density at radius 1 is 1.17 bits per heavy atom. The van der Waals surface area contributed by atoms with Crippen molar-refractivity contribution in [3.8, 4) is 0 Å². The van der Waals surface area contributed by atoms with E-state index in [4.69, 9.17) is 0 Å². The number of piperidine rings is 1. The first-order valence-electron chi connectivity index (χ1n) is 8.45. The Hall–Kier alpha value is -1.56. The standard InChI is InChI=1S/C18H25F3N2O/c1-12(2)16(11-23-7-5-4-6-8-23)22(3)18(24)14-9-13(19)10-15(20)17(14)21/h9-10,12,16H,4-8,11H2,1-3H3/t16-/m1/s1. The molecule has 0 aliphatic carbocycles. The number of amides is 1. The number of nitrogens with zero attached hydrogens (tertiary/aromatic N) is 2. The minimum Gasteiger partial charge on any atom is -0.337 e. The smallest absolute Gasteiger partial charge is 0.257 e. The van der Waals surface area contributed by atoms with Gasteiger partial charge in [0.2, 0.25) is 0 Å². The Morgan fingerprint density at radius 3 is 2.38 bits per heavy atom. The number of likely N-dealkylation sites (tertiary alicyclic amines) is 1. The number of carbonyl (C=O) groups is 1. The molecule has 1 aromatic carbocycles. The van der Waals surface area contributed by atoms with Gasteiger partial charge in [-0.25, -0.2) is 13.2 Å². The van der Waals surface area contributed by atoms with Crippen molar-refractivity contribution in [1.29, 1.82) is 0 Å². The van der Waals surface area contributed by atoms with Crippen LogP contribution in [0.15, 0.2) is 12.1 Å². The van der Waals surface area contributed by atoms with Crippen LogP contribution >= 0.6 is 0 Å². The SMILES string of the molecule is CC(C)[C@@H](CN1CCCCC1)N(C)C(=O)c1cc(F)cc(F)c1F. The number of halogens is 3. The van der Waals surface area contributed by atoms with E-state index in [2.05, 4.69) is 4.90 Å². The highest BCUT2D eigenvalue weighted by molar-refractivity contribution is 5.94. The van der Waals surface area contributed by atoms with Crippen molar-refractivity contribution in [3.63, 3.8) is 0 Å². The van der Waals surface area contributed by atoms with Gasteiger partial charge in [-0.2, -0.15) is 0 Å². The van der Waals surface area contributed by atoms with Gasteiger partial charge in [0.15, 0.2) is 11.6 Å². The summed E-state index contributed by atoms with van der Waals surface area (Å²) in [6, 6.07) is 1.05. The minimum atomic E-state index is -1.34. The molecule has 0 saturated carbocycles. The molecule has 1 aromatic rings. The summed E-state index contributed by atoms with van der Waals surface area (Å²) >= 11 is 0. The monoisotopic (exact) mass is 342 g/mol. The zero-order valence-electron chi connectivity index (χ0n) is 14.5. The number of hydrogen-bond acceptors (Lipinski definition) is 2. The third kappa shape index (κ3) is 4.29. The molecule has 1 saturated heterocycles. The Labute approximate surface area is 141 Å². The lowest BCUT2D eigenvalue weighted by Gasteiger charge is -2.37. The maximum absolute atomic E-state index is 13.9. The third-order valence-electron chi connectivity index (χ3n) is 4.70. The second-order valence-corrected chi connectivity index (χ2v) is 6.84. The van der Waals surface area contributed by atoms with Crippen LogP contribution in [0.4, 0.5) is 13.2 Å². The quantitative estimate of drug-likeness (QED) is 0.762. The van der Waals surface area contributed by atoms with Crippen LogP contribution in [0.25, 0.3) is 0 Å². The molecule has 0 unspecified atom stereocenters. The summed E-state index contributed by atoms with van der Waals surface area (Å²) < 4.78 is 40.7. The summed E-state index contributed by atoms with van der Waals surface area (Å²) in [4.78, 5) is 16.3. The van der Waals surface area contributed by atoms with E-state index in [1.165, 1.54) is 11.3 Å². The molecular weight excluding hydrogens is 317 g/mol. The maximum Gasteiger partial charge on any atom is 0.257 e. The summed E-state index contributed by atoms with van der Waals surface area (Å²) in [7, 11) is 1.57. The molecular formula is C18H25F3N2O. The van der Waals surface area contributed by atoms with Gasteiger partial charge in [-0.05, 0) is 37.9 Å². The Balaban J connectivity index is 2.19. The first kappa shape index (κ1) is 18.8. The molecule has 0 radical (unpaired) electrons. The zero-order chi connectivity index (χ0) is 17.9. The first-order chi connectivity index (χ1) is 11.3. The van der Waals surface area contributed by atoms with E-state index in [0.29, 0.717) is 12.6 Å². The molecule has 6 heteroatoms. The molecule has 1 atom stereocenters. The van der Waals surface area contributed by atoms with Gasteiger partial charge in [-0.1, -0.05) is 20.3 Å². The average molecular weight is 342 g/mol. The topological polar surface area (TPSA) is 23.6 Å². The van der Waals surface area contributed by atoms with Crippen molar-refractivity contribution in [2.24, 2.45) is 5.92 Å². The van der Waals surface area contributed by atoms with Crippen molar-refractivity contribution < 1.29 is 18.0 Å². The van der Waals surface area contributed by atoms with Gasteiger partial charge in [-0.15, -0.1) is 0 Å².